The zero-order valence-electron chi connectivity index (χ0n) is 10.9. The molecule has 2 aromatic rings. The summed E-state index contributed by atoms with van der Waals surface area (Å²) in [5.41, 5.74) is 0.222. The van der Waals surface area contributed by atoms with E-state index in [9.17, 15) is 24.0 Å². The van der Waals surface area contributed by atoms with Crippen LogP contribution in [0.2, 0.25) is 0 Å². The van der Waals surface area contributed by atoms with Crippen LogP contribution in [0.1, 0.15) is 18.6 Å². The maximum atomic E-state index is 13.2. The Balaban J connectivity index is 2.39. The van der Waals surface area contributed by atoms with Crippen LogP contribution in [0.3, 0.4) is 0 Å². The van der Waals surface area contributed by atoms with E-state index in [0.717, 1.165) is 23.9 Å². The SMILES string of the molecule is C[C@H](O)c1ccc(Sc2ccc(F)c(F)c2)c([N+](=O)[O-])c1. The summed E-state index contributed by atoms with van der Waals surface area (Å²) in [6.07, 6.45) is -0.828. The summed E-state index contributed by atoms with van der Waals surface area (Å²) in [7, 11) is 0. The monoisotopic (exact) mass is 311 g/mol. The molecule has 7 heteroatoms. The van der Waals surface area contributed by atoms with Crippen LogP contribution in [0.25, 0.3) is 0 Å². The number of aliphatic hydroxyl groups is 1. The third-order valence-electron chi connectivity index (χ3n) is 2.78. The van der Waals surface area contributed by atoms with E-state index in [0.29, 0.717) is 10.5 Å². The summed E-state index contributed by atoms with van der Waals surface area (Å²) in [6.45, 7) is 1.50. The number of hydrogen-bond donors (Lipinski definition) is 1. The average molecular weight is 311 g/mol. The van der Waals surface area contributed by atoms with Crippen LogP contribution in [-0.2, 0) is 0 Å². The van der Waals surface area contributed by atoms with E-state index in [1.54, 1.807) is 6.07 Å². The van der Waals surface area contributed by atoms with Crippen LogP contribution in [0.4, 0.5) is 14.5 Å². The first-order valence-electron chi connectivity index (χ1n) is 5.98. The van der Waals surface area contributed by atoms with Crippen molar-refractivity contribution in [3.8, 4) is 0 Å². The van der Waals surface area contributed by atoms with Crippen molar-refractivity contribution in [2.75, 3.05) is 0 Å². The van der Waals surface area contributed by atoms with Gasteiger partial charge in [-0.15, -0.1) is 0 Å². The van der Waals surface area contributed by atoms with Crippen molar-refractivity contribution in [1.82, 2.24) is 0 Å². The van der Waals surface area contributed by atoms with Crippen molar-refractivity contribution >= 4 is 17.4 Å². The zero-order valence-corrected chi connectivity index (χ0v) is 11.7. The second-order valence-electron chi connectivity index (χ2n) is 4.34. The summed E-state index contributed by atoms with van der Waals surface area (Å²) in [5, 5.41) is 20.5. The molecule has 0 unspecified atom stereocenters. The second-order valence-corrected chi connectivity index (χ2v) is 5.45. The molecule has 0 saturated heterocycles. The number of rotatable bonds is 4. The van der Waals surface area contributed by atoms with Gasteiger partial charge in [-0.2, -0.15) is 0 Å². The molecular weight excluding hydrogens is 300 g/mol. The van der Waals surface area contributed by atoms with Gasteiger partial charge in [0.1, 0.15) is 0 Å². The van der Waals surface area contributed by atoms with E-state index in [2.05, 4.69) is 0 Å². The Morgan fingerprint density at radius 2 is 1.90 bits per heavy atom. The summed E-state index contributed by atoms with van der Waals surface area (Å²) < 4.78 is 26.0. The minimum absolute atomic E-state index is 0.192. The average Bonchev–Trinajstić information content (AvgIpc) is 2.43. The molecule has 0 radical (unpaired) electrons. The van der Waals surface area contributed by atoms with Gasteiger partial charge in [0.15, 0.2) is 11.6 Å². The van der Waals surface area contributed by atoms with Crippen LogP contribution in [0.15, 0.2) is 46.2 Å². The summed E-state index contributed by atoms with van der Waals surface area (Å²) in [4.78, 5) is 11.1. The molecule has 0 aliphatic heterocycles. The summed E-state index contributed by atoms with van der Waals surface area (Å²) >= 11 is 0.956. The molecule has 110 valence electrons. The standard InChI is InChI=1S/C14H11F2NO3S/c1-8(18)9-2-5-14(13(6-9)17(19)20)21-10-3-4-11(15)12(16)7-10/h2-8,18H,1H3/t8-/m0/s1. The van der Waals surface area contributed by atoms with Gasteiger partial charge in [0.25, 0.3) is 5.69 Å². The topological polar surface area (TPSA) is 63.4 Å². The van der Waals surface area contributed by atoms with Gasteiger partial charge in [-0.3, -0.25) is 10.1 Å². The van der Waals surface area contributed by atoms with Crippen molar-refractivity contribution in [2.24, 2.45) is 0 Å². The summed E-state index contributed by atoms with van der Waals surface area (Å²) in [5.74, 6) is -1.98. The van der Waals surface area contributed by atoms with Crippen molar-refractivity contribution in [2.45, 2.75) is 22.8 Å². The fourth-order valence-electron chi connectivity index (χ4n) is 1.69. The Bertz CT molecular complexity index is 692. The lowest BCUT2D eigenvalue weighted by molar-refractivity contribution is -0.387. The lowest BCUT2D eigenvalue weighted by atomic mass is 10.1. The highest BCUT2D eigenvalue weighted by molar-refractivity contribution is 7.99. The Morgan fingerprint density at radius 1 is 1.19 bits per heavy atom. The Hall–Kier alpha value is -1.99. The minimum Gasteiger partial charge on any atom is -0.389 e. The van der Waals surface area contributed by atoms with Crippen LogP contribution >= 0.6 is 11.8 Å². The Labute approximate surface area is 123 Å². The molecule has 0 aliphatic rings. The molecule has 0 spiro atoms. The number of nitro benzene ring substituents is 1. The molecule has 2 rings (SSSR count). The Kier molecular flexibility index (Phi) is 4.54. The molecule has 0 fully saturated rings. The van der Waals surface area contributed by atoms with E-state index in [1.807, 2.05) is 0 Å². The number of hydrogen-bond acceptors (Lipinski definition) is 4. The predicted octanol–water partition coefficient (Wildman–Crippen LogP) is 4.08. The maximum Gasteiger partial charge on any atom is 0.283 e. The fourth-order valence-corrected chi connectivity index (χ4v) is 2.62. The van der Waals surface area contributed by atoms with Gasteiger partial charge in [0, 0.05) is 11.0 Å². The molecule has 2 aromatic carbocycles. The van der Waals surface area contributed by atoms with Crippen molar-refractivity contribution in [1.29, 1.82) is 0 Å². The van der Waals surface area contributed by atoms with Crippen LogP contribution in [0.5, 0.6) is 0 Å². The van der Waals surface area contributed by atoms with E-state index in [-0.39, 0.29) is 10.6 Å². The first-order chi connectivity index (χ1) is 9.88. The number of aliphatic hydroxyl groups excluding tert-OH is 1. The van der Waals surface area contributed by atoms with E-state index in [4.69, 9.17) is 0 Å². The molecule has 0 bridgehead atoms. The highest BCUT2D eigenvalue weighted by atomic mass is 32.2. The minimum atomic E-state index is -1.01. The predicted molar refractivity (Wildman–Crippen MR) is 74.2 cm³/mol. The molecule has 0 heterocycles. The second kappa shape index (κ2) is 6.19. The number of nitrogens with zero attached hydrogens (tertiary/aromatic N) is 1. The molecule has 1 atom stereocenters. The van der Waals surface area contributed by atoms with Gasteiger partial charge >= 0.3 is 0 Å². The van der Waals surface area contributed by atoms with Crippen LogP contribution < -0.4 is 0 Å². The zero-order chi connectivity index (χ0) is 15.6. The van der Waals surface area contributed by atoms with Gasteiger partial charge in [-0.1, -0.05) is 17.8 Å². The molecule has 1 N–H and O–H groups in total. The quantitative estimate of drug-likeness (QED) is 0.682. The highest BCUT2D eigenvalue weighted by Gasteiger charge is 2.17. The lowest BCUT2D eigenvalue weighted by Crippen LogP contribution is -1.96. The molecule has 21 heavy (non-hydrogen) atoms. The normalized spacial score (nSPS) is 12.2. The van der Waals surface area contributed by atoms with Gasteiger partial charge in [0.05, 0.1) is 15.9 Å². The molecule has 0 saturated carbocycles. The smallest absolute Gasteiger partial charge is 0.283 e. The third kappa shape index (κ3) is 3.56. The third-order valence-corrected chi connectivity index (χ3v) is 3.84. The van der Waals surface area contributed by atoms with Gasteiger partial charge in [0.2, 0.25) is 0 Å². The first-order valence-corrected chi connectivity index (χ1v) is 6.79. The number of benzene rings is 2. The number of nitro groups is 1. The molecule has 0 aromatic heterocycles. The molecule has 0 amide bonds. The van der Waals surface area contributed by atoms with E-state index >= 15 is 0 Å². The van der Waals surface area contributed by atoms with Gasteiger partial charge < -0.3 is 5.11 Å². The van der Waals surface area contributed by atoms with Crippen molar-refractivity contribution in [3.05, 3.63) is 63.7 Å². The Morgan fingerprint density at radius 3 is 2.48 bits per heavy atom. The first kappa shape index (κ1) is 15.4. The molecule has 4 nitrogen and oxygen atoms in total. The number of halogens is 2. The highest BCUT2D eigenvalue weighted by Crippen LogP contribution is 2.36. The summed E-state index contributed by atoms with van der Waals surface area (Å²) in [6, 6.07) is 7.59. The van der Waals surface area contributed by atoms with Gasteiger partial charge in [-0.25, -0.2) is 8.78 Å². The van der Waals surface area contributed by atoms with Crippen LogP contribution in [0, 0.1) is 21.7 Å². The molecule has 0 aliphatic carbocycles. The molecular formula is C14H11F2NO3S. The van der Waals surface area contributed by atoms with Gasteiger partial charge in [-0.05, 0) is 36.8 Å². The van der Waals surface area contributed by atoms with Crippen molar-refractivity contribution < 1.29 is 18.8 Å². The van der Waals surface area contributed by atoms with Crippen LogP contribution in [-0.4, -0.2) is 10.0 Å². The fraction of sp³-hybridized carbons (Fsp3) is 0.143. The largest absolute Gasteiger partial charge is 0.389 e. The van der Waals surface area contributed by atoms with E-state index < -0.39 is 22.7 Å². The lowest BCUT2D eigenvalue weighted by Gasteiger charge is -2.08. The van der Waals surface area contributed by atoms with E-state index in [1.165, 1.54) is 25.1 Å². The van der Waals surface area contributed by atoms with Crippen molar-refractivity contribution in [3.63, 3.8) is 0 Å². The maximum absolute atomic E-state index is 13.2.